The van der Waals surface area contributed by atoms with Crippen molar-refractivity contribution in [2.45, 2.75) is 31.5 Å². The SMILES string of the molecule is O[C@@H]1CN(Cc2ccoc2)CC[C@H]1N1CCN(CCc2ccccc2)CC1. The van der Waals surface area contributed by atoms with Crippen LogP contribution in [-0.4, -0.2) is 77.8 Å². The molecule has 146 valence electrons. The summed E-state index contributed by atoms with van der Waals surface area (Å²) in [6.45, 7) is 8.14. The maximum atomic E-state index is 10.7. The molecule has 4 rings (SSSR count). The van der Waals surface area contributed by atoms with Crippen LogP contribution in [0, 0.1) is 0 Å². The lowest BCUT2D eigenvalue weighted by molar-refractivity contribution is -0.0308. The summed E-state index contributed by atoms with van der Waals surface area (Å²) in [4.78, 5) is 7.41. The fourth-order valence-corrected chi connectivity index (χ4v) is 4.45. The van der Waals surface area contributed by atoms with Crippen LogP contribution in [0.5, 0.6) is 0 Å². The molecule has 0 radical (unpaired) electrons. The Bertz CT molecular complexity index is 668. The molecular formula is C22H31N3O2. The van der Waals surface area contributed by atoms with Crippen LogP contribution in [0.1, 0.15) is 17.5 Å². The second kappa shape index (κ2) is 9.02. The maximum Gasteiger partial charge on any atom is 0.0947 e. The summed E-state index contributed by atoms with van der Waals surface area (Å²) in [5.41, 5.74) is 2.60. The molecule has 1 aromatic carbocycles. The smallest absolute Gasteiger partial charge is 0.0947 e. The van der Waals surface area contributed by atoms with Gasteiger partial charge in [-0.2, -0.15) is 0 Å². The molecule has 2 fully saturated rings. The first-order chi connectivity index (χ1) is 13.3. The fraction of sp³-hybridized carbons (Fsp3) is 0.545. The van der Waals surface area contributed by atoms with Crippen LogP contribution in [0.2, 0.25) is 0 Å². The van der Waals surface area contributed by atoms with E-state index in [-0.39, 0.29) is 6.10 Å². The van der Waals surface area contributed by atoms with Gasteiger partial charge < -0.3 is 14.4 Å². The van der Waals surface area contributed by atoms with Gasteiger partial charge in [0.25, 0.3) is 0 Å². The predicted octanol–water partition coefficient (Wildman–Crippen LogP) is 2.08. The van der Waals surface area contributed by atoms with Gasteiger partial charge in [-0.25, -0.2) is 0 Å². The summed E-state index contributed by atoms with van der Waals surface area (Å²) in [6, 6.07) is 13.1. The number of furan rings is 1. The molecule has 2 saturated heterocycles. The quantitative estimate of drug-likeness (QED) is 0.845. The van der Waals surface area contributed by atoms with Crippen molar-refractivity contribution < 1.29 is 9.52 Å². The van der Waals surface area contributed by atoms with Crippen molar-refractivity contribution in [2.24, 2.45) is 0 Å². The zero-order valence-electron chi connectivity index (χ0n) is 16.0. The van der Waals surface area contributed by atoms with E-state index < -0.39 is 0 Å². The van der Waals surface area contributed by atoms with Crippen LogP contribution in [0.4, 0.5) is 0 Å². The van der Waals surface area contributed by atoms with Crippen molar-refractivity contribution in [2.75, 3.05) is 45.8 Å². The molecule has 5 heteroatoms. The summed E-state index contributed by atoms with van der Waals surface area (Å²) >= 11 is 0. The standard InChI is InChI=1S/C22H31N3O2/c26-22-17-24(16-20-8-15-27-18-20)10-7-21(22)25-13-11-23(12-14-25)9-6-19-4-2-1-3-5-19/h1-5,8,15,18,21-22,26H,6-7,9-14,16-17H2/t21-,22-/m1/s1. The van der Waals surface area contributed by atoms with Crippen LogP contribution in [0.25, 0.3) is 0 Å². The van der Waals surface area contributed by atoms with Gasteiger partial charge >= 0.3 is 0 Å². The fourth-order valence-electron chi connectivity index (χ4n) is 4.45. The number of aliphatic hydroxyl groups is 1. The summed E-state index contributed by atoms with van der Waals surface area (Å²) in [5, 5.41) is 10.7. The Hall–Kier alpha value is -1.66. The lowest BCUT2D eigenvalue weighted by Crippen LogP contribution is -2.58. The number of piperidine rings is 1. The molecule has 27 heavy (non-hydrogen) atoms. The van der Waals surface area contributed by atoms with E-state index in [4.69, 9.17) is 4.42 Å². The Morgan fingerprint density at radius 3 is 2.44 bits per heavy atom. The van der Waals surface area contributed by atoms with Gasteiger partial charge in [0, 0.05) is 64.0 Å². The minimum absolute atomic E-state index is 0.262. The van der Waals surface area contributed by atoms with Crippen molar-refractivity contribution in [1.82, 2.24) is 14.7 Å². The second-order valence-corrected chi connectivity index (χ2v) is 7.90. The molecule has 1 N–H and O–H groups in total. The number of β-amino-alcohol motifs (C(OH)–C–C–N with tert-alkyl or cyclic N) is 1. The Labute approximate surface area is 162 Å². The predicted molar refractivity (Wildman–Crippen MR) is 107 cm³/mol. The zero-order chi connectivity index (χ0) is 18.5. The van der Waals surface area contributed by atoms with Gasteiger partial charge in [0.2, 0.25) is 0 Å². The van der Waals surface area contributed by atoms with Gasteiger partial charge in [-0.3, -0.25) is 9.80 Å². The van der Waals surface area contributed by atoms with Crippen molar-refractivity contribution >= 4 is 0 Å². The van der Waals surface area contributed by atoms with Gasteiger partial charge in [0.1, 0.15) is 0 Å². The molecule has 2 atom stereocenters. The van der Waals surface area contributed by atoms with Crippen molar-refractivity contribution in [1.29, 1.82) is 0 Å². The van der Waals surface area contributed by atoms with Crippen LogP contribution < -0.4 is 0 Å². The van der Waals surface area contributed by atoms with E-state index in [2.05, 4.69) is 45.0 Å². The number of hydrogen-bond acceptors (Lipinski definition) is 5. The summed E-state index contributed by atoms with van der Waals surface area (Å²) in [6.07, 6.45) is 5.42. The van der Waals surface area contributed by atoms with Crippen LogP contribution in [-0.2, 0) is 13.0 Å². The molecule has 5 nitrogen and oxygen atoms in total. The Morgan fingerprint density at radius 1 is 0.926 bits per heavy atom. The van der Waals surface area contributed by atoms with E-state index >= 15 is 0 Å². The van der Waals surface area contributed by atoms with Crippen LogP contribution in [0.3, 0.4) is 0 Å². The molecule has 1 aromatic heterocycles. The molecule has 2 aliphatic rings. The van der Waals surface area contributed by atoms with E-state index in [1.165, 1.54) is 11.1 Å². The normalized spacial score (nSPS) is 25.7. The lowest BCUT2D eigenvalue weighted by Gasteiger charge is -2.45. The molecular weight excluding hydrogens is 338 g/mol. The van der Waals surface area contributed by atoms with Crippen LogP contribution >= 0.6 is 0 Å². The number of rotatable bonds is 6. The lowest BCUT2D eigenvalue weighted by atomic mass is 9.98. The first-order valence-electron chi connectivity index (χ1n) is 10.2. The van der Waals surface area contributed by atoms with E-state index in [1.807, 2.05) is 6.07 Å². The number of nitrogens with zero attached hydrogens (tertiary/aromatic N) is 3. The highest BCUT2D eigenvalue weighted by Gasteiger charge is 2.33. The third kappa shape index (κ3) is 4.99. The third-order valence-electron chi connectivity index (χ3n) is 6.05. The molecule has 3 heterocycles. The summed E-state index contributed by atoms with van der Waals surface area (Å²) in [5.74, 6) is 0. The minimum Gasteiger partial charge on any atom is -0.472 e. The molecule has 2 aromatic rings. The molecule has 2 aliphatic heterocycles. The topological polar surface area (TPSA) is 43.1 Å². The zero-order valence-corrected chi connectivity index (χ0v) is 16.0. The van der Waals surface area contributed by atoms with Crippen molar-refractivity contribution in [3.8, 4) is 0 Å². The van der Waals surface area contributed by atoms with Gasteiger partial charge in [-0.1, -0.05) is 30.3 Å². The average molecular weight is 370 g/mol. The second-order valence-electron chi connectivity index (χ2n) is 7.90. The van der Waals surface area contributed by atoms with Crippen molar-refractivity contribution in [3.63, 3.8) is 0 Å². The van der Waals surface area contributed by atoms with E-state index in [0.29, 0.717) is 6.04 Å². The molecule has 0 amide bonds. The Kier molecular flexibility index (Phi) is 6.24. The largest absolute Gasteiger partial charge is 0.472 e. The van der Waals surface area contributed by atoms with Gasteiger partial charge in [0.15, 0.2) is 0 Å². The highest BCUT2D eigenvalue weighted by Crippen LogP contribution is 2.20. The number of aliphatic hydroxyl groups excluding tert-OH is 1. The molecule has 0 bridgehead atoms. The van der Waals surface area contributed by atoms with E-state index in [1.54, 1.807) is 12.5 Å². The highest BCUT2D eigenvalue weighted by atomic mass is 16.3. The number of benzene rings is 1. The van der Waals surface area contributed by atoms with Gasteiger partial charge in [-0.15, -0.1) is 0 Å². The molecule has 0 aliphatic carbocycles. The van der Waals surface area contributed by atoms with Gasteiger partial charge in [-0.05, 0) is 24.5 Å². The van der Waals surface area contributed by atoms with Gasteiger partial charge in [0.05, 0.1) is 18.6 Å². The van der Waals surface area contributed by atoms with Crippen LogP contribution in [0.15, 0.2) is 53.3 Å². The average Bonchev–Trinajstić information content (AvgIpc) is 3.21. The Balaban J connectivity index is 1.20. The first kappa shape index (κ1) is 18.7. The maximum absolute atomic E-state index is 10.7. The molecule has 0 saturated carbocycles. The minimum atomic E-state index is -0.262. The van der Waals surface area contributed by atoms with E-state index in [9.17, 15) is 5.11 Å². The van der Waals surface area contributed by atoms with Crippen molar-refractivity contribution in [3.05, 3.63) is 60.1 Å². The molecule has 0 unspecified atom stereocenters. The van der Waals surface area contributed by atoms with E-state index in [0.717, 1.165) is 65.2 Å². The monoisotopic (exact) mass is 369 g/mol. The number of likely N-dealkylation sites (tertiary alicyclic amines) is 1. The summed E-state index contributed by atoms with van der Waals surface area (Å²) < 4.78 is 5.16. The number of piperazine rings is 1. The highest BCUT2D eigenvalue weighted by molar-refractivity contribution is 5.15. The summed E-state index contributed by atoms with van der Waals surface area (Å²) in [7, 11) is 0. The molecule has 0 spiro atoms. The third-order valence-corrected chi connectivity index (χ3v) is 6.05. The Morgan fingerprint density at radius 2 is 1.74 bits per heavy atom. The first-order valence-corrected chi connectivity index (χ1v) is 10.2. The number of hydrogen-bond donors (Lipinski definition) is 1.